The highest BCUT2D eigenvalue weighted by Crippen LogP contribution is 2.25. The van der Waals surface area contributed by atoms with E-state index in [1.54, 1.807) is 24.3 Å². The molecule has 0 saturated heterocycles. The molecule has 0 aliphatic rings. The molecule has 0 fully saturated rings. The molecule has 0 bridgehead atoms. The summed E-state index contributed by atoms with van der Waals surface area (Å²) in [6.07, 6.45) is 0. The predicted octanol–water partition coefficient (Wildman–Crippen LogP) is 2.88. The van der Waals surface area contributed by atoms with E-state index in [9.17, 15) is 4.79 Å². The van der Waals surface area contributed by atoms with Gasteiger partial charge < -0.3 is 15.2 Å². The van der Waals surface area contributed by atoms with Gasteiger partial charge in [0.2, 0.25) is 0 Å². The molecule has 0 saturated carbocycles. The van der Waals surface area contributed by atoms with Crippen LogP contribution >= 0.6 is 11.3 Å². The number of methoxy groups -OCH3 is 1. The number of carbonyl (C=O) groups is 1. The van der Waals surface area contributed by atoms with E-state index in [2.05, 4.69) is 0 Å². The van der Waals surface area contributed by atoms with Crippen LogP contribution in [0.5, 0.6) is 5.75 Å². The van der Waals surface area contributed by atoms with Gasteiger partial charge in [-0.25, -0.2) is 4.79 Å². The van der Waals surface area contributed by atoms with Crippen LogP contribution < -0.4 is 10.5 Å². The standard InChI is InChI=1S/C15H14N2O3S/c1-9-12(17)6-14(21-9)15(18)20-8-11-5-10(7-16)3-4-13(11)19-2/h3-6H,8,17H2,1-2H3. The van der Waals surface area contributed by atoms with Crippen LogP contribution in [-0.2, 0) is 11.3 Å². The van der Waals surface area contributed by atoms with Gasteiger partial charge in [-0.2, -0.15) is 5.26 Å². The smallest absolute Gasteiger partial charge is 0.348 e. The number of nitrogen functional groups attached to an aromatic ring is 1. The lowest BCUT2D eigenvalue weighted by atomic mass is 10.1. The summed E-state index contributed by atoms with van der Waals surface area (Å²) in [7, 11) is 1.52. The molecule has 1 aromatic heterocycles. The monoisotopic (exact) mass is 302 g/mol. The Balaban J connectivity index is 2.12. The van der Waals surface area contributed by atoms with Gasteiger partial charge in [0.25, 0.3) is 0 Å². The maximum atomic E-state index is 12.0. The van der Waals surface area contributed by atoms with Crippen LogP contribution in [-0.4, -0.2) is 13.1 Å². The zero-order valence-corrected chi connectivity index (χ0v) is 12.5. The number of nitrogens with zero attached hydrogens (tertiary/aromatic N) is 1. The number of hydrogen-bond acceptors (Lipinski definition) is 6. The lowest BCUT2D eigenvalue weighted by Gasteiger charge is -2.09. The number of nitriles is 1. The van der Waals surface area contributed by atoms with Gasteiger partial charge in [0.15, 0.2) is 0 Å². The second kappa shape index (κ2) is 6.29. The summed E-state index contributed by atoms with van der Waals surface area (Å²) in [5.41, 5.74) is 7.42. The van der Waals surface area contributed by atoms with Crippen molar-refractivity contribution in [2.24, 2.45) is 0 Å². The molecule has 21 heavy (non-hydrogen) atoms. The van der Waals surface area contributed by atoms with Crippen molar-refractivity contribution < 1.29 is 14.3 Å². The van der Waals surface area contributed by atoms with Gasteiger partial charge in [-0.15, -0.1) is 11.3 Å². The number of hydrogen-bond donors (Lipinski definition) is 1. The van der Waals surface area contributed by atoms with Crippen molar-refractivity contribution in [1.82, 2.24) is 0 Å². The SMILES string of the molecule is COc1ccc(C#N)cc1COC(=O)c1cc(N)c(C)s1. The highest BCUT2D eigenvalue weighted by atomic mass is 32.1. The topological polar surface area (TPSA) is 85.3 Å². The second-order valence-electron chi connectivity index (χ2n) is 4.34. The van der Waals surface area contributed by atoms with Gasteiger partial charge in [0, 0.05) is 16.1 Å². The largest absolute Gasteiger partial charge is 0.496 e. The molecule has 0 radical (unpaired) electrons. The van der Waals surface area contributed by atoms with E-state index in [1.807, 2.05) is 13.0 Å². The second-order valence-corrected chi connectivity index (χ2v) is 5.59. The Morgan fingerprint density at radius 3 is 2.76 bits per heavy atom. The van der Waals surface area contributed by atoms with Crippen molar-refractivity contribution in [3.63, 3.8) is 0 Å². The van der Waals surface area contributed by atoms with Gasteiger partial charge in [-0.05, 0) is 31.2 Å². The van der Waals surface area contributed by atoms with Gasteiger partial charge >= 0.3 is 5.97 Å². The Morgan fingerprint density at radius 2 is 2.19 bits per heavy atom. The van der Waals surface area contributed by atoms with Crippen LogP contribution in [0.1, 0.15) is 25.7 Å². The number of rotatable bonds is 4. The summed E-state index contributed by atoms with van der Waals surface area (Å²) in [6.45, 7) is 1.88. The molecular formula is C15H14N2O3S. The van der Waals surface area contributed by atoms with Crippen molar-refractivity contribution in [1.29, 1.82) is 5.26 Å². The minimum atomic E-state index is -0.441. The number of aryl methyl sites for hydroxylation is 1. The molecule has 2 aromatic rings. The lowest BCUT2D eigenvalue weighted by molar-refractivity contribution is 0.0476. The molecule has 6 heteroatoms. The van der Waals surface area contributed by atoms with Gasteiger partial charge in [-0.1, -0.05) is 0 Å². The lowest BCUT2D eigenvalue weighted by Crippen LogP contribution is -2.04. The van der Waals surface area contributed by atoms with E-state index >= 15 is 0 Å². The first-order valence-corrected chi connectivity index (χ1v) is 6.97. The molecule has 108 valence electrons. The van der Waals surface area contributed by atoms with Gasteiger partial charge in [0.05, 0.1) is 18.7 Å². The van der Waals surface area contributed by atoms with Crippen LogP contribution in [0, 0.1) is 18.3 Å². The normalized spacial score (nSPS) is 9.95. The molecule has 1 heterocycles. The first-order valence-electron chi connectivity index (χ1n) is 6.15. The zero-order valence-electron chi connectivity index (χ0n) is 11.7. The number of ether oxygens (including phenoxy) is 2. The Kier molecular flexibility index (Phi) is 4.45. The summed E-state index contributed by atoms with van der Waals surface area (Å²) >= 11 is 1.29. The van der Waals surface area contributed by atoms with E-state index in [1.165, 1.54) is 18.4 Å². The maximum absolute atomic E-state index is 12.0. The average molecular weight is 302 g/mol. The minimum absolute atomic E-state index is 0.0361. The first kappa shape index (κ1) is 14.9. The number of thiophene rings is 1. The Morgan fingerprint density at radius 1 is 1.43 bits per heavy atom. The van der Waals surface area contributed by atoms with E-state index in [-0.39, 0.29) is 6.61 Å². The number of benzene rings is 1. The summed E-state index contributed by atoms with van der Waals surface area (Å²) in [4.78, 5) is 13.3. The van der Waals surface area contributed by atoms with E-state index in [0.717, 1.165) is 4.88 Å². The van der Waals surface area contributed by atoms with Crippen LogP contribution in [0.15, 0.2) is 24.3 Å². The Hall–Kier alpha value is -2.52. The molecule has 2 N–H and O–H groups in total. The number of nitrogens with two attached hydrogens (primary N) is 1. The Bertz CT molecular complexity index is 697. The van der Waals surface area contributed by atoms with Crippen molar-refractivity contribution in [3.8, 4) is 11.8 Å². The first-order chi connectivity index (χ1) is 10.0. The van der Waals surface area contributed by atoms with Crippen LogP contribution in [0.3, 0.4) is 0 Å². The molecule has 0 aliphatic heterocycles. The zero-order chi connectivity index (χ0) is 15.4. The van der Waals surface area contributed by atoms with Crippen molar-refractivity contribution in [2.75, 3.05) is 12.8 Å². The third-order valence-electron chi connectivity index (χ3n) is 2.93. The predicted molar refractivity (Wildman–Crippen MR) is 80.3 cm³/mol. The molecule has 1 aromatic carbocycles. The number of esters is 1. The highest BCUT2D eigenvalue weighted by molar-refractivity contribution is 7.14. The summed E-state index contributed by atoms with van der Waals surface area (Å²) in [5, 5.41) is 8.90. The average Bonchev–Trinajstić information content (AvgIpc) is 2.84. The maximum Gasteiger partial charge on any atom is 0.348 e. The summed E-state index contributed by atoms with van der Waals surface area (Å²) in [5.74, 6) is 0.132. The molecule has 0 atom stereocenters. The molecule has 0 amide bonds. The van der Waals surface area contributed by atoms with Crippen molar-refractivity contribution >= 4 is 23.0 Å². The molecule has 0 aliphatic carbocycles. The van der Waals surface area contributed by atoms with E-state index < -0.39 is 5.97 Å². The number of carbonyl (C=O) groups excluding carboxylic acids is 1. The fraction of sp³-hybridized carbons (Fsp3) is 0.200. The highest BCUT2D eigenvalue weighted by Gasteiger charge is 2.14. The van der Waals surface area contributed by atoms with Crippen LogP contribution in [0.4, 0.5) is 5.69 Å². The van der Waals surface area contributed by atoms with Crippen LogP contribution in [0.2, 0.25) is 0 Å². The van der Waals surface area contributed by atoms with Crippen LogP contribution in [0.25, 0.3) is 0 Å². The molecule has 0 spiro atoms. The van der Waals surface area contributed by atoms with Crippen molar-refractivity contribution in [3.05, 3.63) is 45.1 Å². The molecule has 5 nitrogen and oxygen atoms in total. The molecule has 2 rings (SSSR count). The third kappa shape index (κ3) is 3.33. The fourth-order valence-electron chi connectivity index (χ4n) is 1.77. The minimum Gasteiger partial charge on any atom is -0.496 e. The Labute approximate surface area is 126 Å². The van der Waals surface area contributed by atoms with Gasteiger partial charge in [-0.3, -0.25) is 0 Å². The van der Waals surface area contributed by atoms with E-state index in [0.29, 0.717) is 27.4 Å². The molecular weight excluding hydrogens is 288 g/mol. The summed E-state index contributed by atoms with van der Waals surface area (Å²) in [6, 6.07) is 8.60. The fourth-order valence-corrected chi connectivity index (χ4v) is 2.61. The molecule has 0 unspecified atom stereocenters. The van der Waals surface area contributed by atoms with Crippen molar-refractivity contribution in [2.45, 2.75) is 13.5 Å². The number of anilines is 1. The quantitative estimate of drug-likeness (QED) is 0.878. The summed E-state index contributed by atoms with van der Waals surface area (Å²) < 4.78 is 10.4. The third-order valence-corrected chi connectivity index (χ3v) is 3.97. The van der Waals surface area contributed by atoms with Gasteiger partial charge in [0.1, 0.15) is 17.2 Å². The van der Waals surface area contributed by atoms with E-state index in [4.69, 9.17) is 20.5 Å².